The van der Waals surface area contributed by atoms with Gasteiger partial charge in [0.25, 0.3) is 0 Å². The van der Waals surface area contributed by atoms with Gasteiger partial charge in [0.15, 0.2) is 0 Å². The molecule has 0 aliphatic heterocycles. The Morgan fingerprint density at radius 2 is 2.04 bits per heavy atom. The van der Waals surface area contributed by atoms with E-state index in [4.69, 9.17) is 4.42 Å². The van der Waals surface area contributed by atoms with E-state index in [1.165, 1.54) is 5.56 Å². The summed E-state index contributed by atoms with van der Waals surface area (Å²) < 4.78 is 5.63. The monoisotopic (exact) mass is 327 g/mol. The minimum atomic E-state index is 0.00530. The molecule has 3 rings (SSSR count). The van der Waals surface area contributed by atoms with Crippen molar-refractivity contribution in [3.8, 4) is 11.5 Å². The van der Waals surface area contributed by atoms with Crippen LogP contribution in [0.1, 0.15) is 16.3 Å². The summed E-state index contributed by atoms with van der Waals surface area (Å²) in [5.74, 6) is 1.03. The summed E-state index contributed by atoms with van der Waals surface area (Å²) in [6.07, 6.45) is 0.936. The predicted octanol–water partition coefficient (Wildman–Crippen LogP) is 3.01. The Morgan fingerprint density at radius 1 is 1.22 bits per heavy atom. The Hall–Kier alpha value is -2.47. The van der Waals surface area contributed by atoms with Crippen molar-refractivity contribution in [2.24, 2.45) is 0 Å². The third-order valence-electron chi connectivity index (χ3n) is 3.34. The number of nitrogens with one attached hydrogen (secondary N) is 1. The van der Waals surface area contributed by atoms with Crippen LogP contribution in [0.15, 0.2) is 46.2 Å². The Morgan fingerprint density at radius 3 is 2.78 bits per heavy atom. The molecule has 0 aliphatic rings. The van der Waals surface area contributed by atoms with E-state index in [0.29, 0.717) is 31.2 Å². The van der Waals surface area contributed by atoms with Gasteiger partial charge in [-0.2, -0.15) is 0 Å². The number of benzene rings is 1. The minimum absolute atomic E-state index is 0.00530. The number of hydrogen-bond donors (Lipinski definition) is 1. The molecule has 0 fully saturated rings. The first kappa shape index (κ1) is 15.4. The van der Waals surface area contributed by atoms with E-state index in [2.05, 4.69) is 15.5 Å². The second kappa shape index (κ2) is 7.19. The smallest absolute Gasteiger partial charge is 0.247 e. The van der Waals surface area contributed by atoms with Gasteiger partial charge >= 0.3 is 0 Å². The van der Waals surface area contributed by atoms with Gasteiger partial charge in [-0.3, -0.25) is 4.79 Å². The Bertz CT molecular complexity index is 764. The maximum Gasteiger partial charge on any atom is 0.247 e. The lowest BCUT2D eigenvalue weighted by Crippen LogP contribution is -2.27. The molecule has 0 atom stereocenters. The number of aromatic nitrogens is 2. The standard InChI is InChI=1S/C17H17N3O2S/c1-12-4-6-13(7-5-12)17-20-19-16(22-17)8-9-18-15(21)11-14-3-2-10-23-14/h2-7,10H,8-9,11H2,1H3,(H,18,21). The number of hydrogen-bond acceptors (Lipinski definition) is 5. The zero-order chi connectivity index (χ0) is 16.1. The van der Waals surface area contributed by atoms with Gasteiger partial charge in [-0.25, -0.2) is 0 Å². The molecule has 1 N–H and O–H groups in total. The van der Waals surface area contributed by atoms with Gasteiger partial charge in [-0.05, 0) is 30.5 Å². The molecule has 1 aromatic carbocycles. The SMILES string of the molecule is Cc1ccc(-c2nnc(CCNC(=O)Cc3cccs3)o2)cc1. The summed E-state index contributed by atoms with van der Waals surface area (Å²) in [7, 11) is 0. The van der Waals surface area contributed by atoms with Gasteiger partial charge in [0.05, 0.1) is 6.42 Å². The van der Waals surface area contributed by atoms with Crippen LogP contribution in [0.4, 0.5) is 0 Å². The minimum Gasteiger partial charge on any atom is -0.421 e. The van der Waals surface area contributed by atoms with Gasteiger partial charge in [0.1, 0.15) is 0 Å². The summed E-state index contributed by atoms with van der Waals surface area (Å²) in [5.41, 5.74) is 2.08. The fraction of sp³-hybridized carbons (Fsp3) is 0.235. The summed E-state index contributed by atoms with van der Waals surface area (Å²) in [6.45, 7) is 2.52. The third kappa shape index (κ3) is 4.26. The van der Waals surface area contributed by atoms with Gasteiger partial charge in [0, 0.05) is 23.4 Å². The maximum atomic E-state index is 11.8. The number of thiophene rings is 1. The first-order valence-corrected chi connectivity index (χ1v) is 8.27. The highest BCUT2D eigenvalue weighted by atomic mass is 32.1. The van der Waals surface area contributed by atoms with Crippen LogP contribution in [0.5, 0.6) is 0 Å². The van der Waals surface area contributed by atoms with E-state index < -0.39 is 0 Å². The quantitative estimate of drug-likeness (QED) is 0.756. The predicted molar refractivity (Wildman–Crippen MR) is 89.2 cm³/mol. The Kier molecular flexibility index (Phi) is 4.83. The molecular formula is C17H17N3O2S. The average molecular weight is 327 g/mol. The molecule has 0 bridgehead atoms. The van der Waals surface area contributed by atoms with E-state index in [1.807, 2.05) is 48.7 Å². The summed E-state index contributed by atoms with van der Waals surface area (Å²) in [6, 6.07) is 11.8. The van der Waals surface area contributed by atoms with Crippen molar-refractivity contribution in [1.82, 2.24) is 15.5 Å². The maximum absolute atomic E-state index is 11.8. The third-order valence-corrected chi connectivity index (χ3v) is 4.22. The second-order valence-electron chi connectivity index (χ2n) is 5.22. The van der Waals surface area contributed by atoms with E-state index in [9.17, 15) is 4.79 Å². The fourth-order valence-corrected chi connectivity index (χ4v) is 2.81. The zero-order valence-electron chi connectivity index (χ0n) is 12.8. The highest BCUT2D eigenvalue weighted by molar-refractivity contribution is 7.10. The normalized spacial score (nSPS) is 10.7. The molecule has 0 saturated heterocycles. The summed E-state index contributed by atoms with van der Waals surface area (Å²) >= 11 is 1.58. The first-order chi connectivity index (χ1) is 11.2. The van der Waals surface area contributed by atoms with E-state index in [1.54, 1.807) is 11.3 Å². The van der Waals surface area contributed by atoms with Crippen molar-refractivity contribution >= 4 is 17.2 Å². The van der Waals surface area contributed by atoms with Crippen LogP contribution in [0.3, 0.4) is 0 Å². The molecule has 0 radical (unpaired) electrons. The average Bonchev–Trinajstić information content (AvgIpc) is 3.20. The molecule has 1 amide bonds. The number of amides is 1. The molecule has 2 heterocycles. The Labute approximate surface area is 138 Å². The van der Waals surface area contributed by atoms with E-state index in [0.717, 1.165) is 10.4 Å². The van der Waals surface area contributed by atoms with Gasteiger partial charge in [0.2, 0.25) is 17.7 Å². The number of nitrogens with zero attached hydrogens (tertiary/aromatic N) is 2. The van der Waals surface area contributed by atoms with Crippen molar-refractivity contribution in [3.05, 3.63) is 58.1 Å². The zero-order valence-corrected chi connectivity index (χ0v) is 13.6. The van der Waals surface area contributed by atoms with Crippen molar-refractivity contribution in [2.45, 2.75) is 19.8 Å². The van der Waals surface area contributed by atoms with E-state index >= 15 is 0 Å². The second-order valence-corrected chi connectivity index (χ2v) is 6.26. The molecule has 23 heavy (non-hydrogen) atoms. The molecule has 0 spiro atoms. The molecular weight excluding hydrogens is 310 g/mol. The van der Waals surface area contributed by atoms with Crippen LogP contribution in [0, 0.1) is 6.92 Å². The molecule has 2 aromatic heterocycles. The van der Waals surface area contributed by atoms with E-state index in [-0.39, 0.29) is 5.91 Å². The number of rotatable bonds is 6. The van der Waals surface area contributed by atoms with Gasteiger partial charge in [-0.15, -0.1) is 21.5 Å². The molecule has 0 unspecified atom stereocenters. The van der Waals surface area contributed by atoms with Crippen molar-refractivity contribution < 1.29 is 9.21 Å². The molecule has 0 saturated carbocycles. The lowest BCUT2D eigenvalue weighted by atomic mass is 10.1. The summed E-state index contributed by atoms with van der Waals surface area (Å²) in [4.78, 5) is 12.8. The lowest BCUT2D eigenvalue weighted by Gasteiger charge is -2.01. The fourth-order valence-electron chi connectivity index (χ4n) is 2.11. The van der Waals surface area contributed by atoms with Gasteiger partial charge in [-0.1, -0.05) is 23.8 Å². The molecule has 6 heteroatoms. The van der Waals surface area contributed by atoms with Crippen molar-refractivity contribution in [1.29, 1.82) is 0 Å². The number of carbonyl (C=O) groups is 1. The number of carbonyl (C=O) groups excluding carboxylic acids is 1. The first-order valence-electron chi connectivity index (χ1n) is 7.39. The highest BCUT2D eigenvalue weighted by Crippen LogP contribution is 2.18. The molecule has 5 nitrogen and oxygen atoms in total. The highest BCUT2D eigenvalue weighted by Gasteiger charge is 2.09. The van der Waals surface area contributed by atoms with Crippen LogP contribution < -0.4 is 5.32 Å². The van der Waals surface area contributed by atoms with Crippen LogP contribution in [-0.4, -0.2) is 22.6 Å². The molecule has 0 aliphatic carbocycles. The van der Waals surface area contributed by atoms with Crippen molar-refractivity contribution in [3.63, 3.8) is 0 Å². The van der Waals surface area contributed by atoms with Crippen molar-refractivity contribution in [2.75, 3.05) is 6.54 Å². The van der Waals surface area contributed by atoms with Crippen LogP contribution in [-0.2, 0) is 17.6 Å². The van der Waals surface area contributed by atoms with Gasteiger partial charge < -0.3 is 9.73 Å². The topological polar surface area (TPSA) is 68.0 Å². The summed E-state index contributed by atoms with van der Waals surface area (Å²) in [5, 5.41) is 12.9. The Balaban J connectivity index is 1.49. The van der Waals surface area contributed by atoms with Crippen LogP contribution >= 0.6 is 11.3 Å². The lowest BCUT2D eigenvalue weighted by molar-refractivity contribution is -0.120. The largest absolute Gasteiger partial charge is 0.421 e. The number of aryl methyl sites for hydroxylation is 1. The molecule has 3 aromatic rings. The molecule has 118 valence electrons. The van der Waals surface area contributed by atoms with Crippen LogP contribution in [0.25, 0.3) is 11.5 Å². The van der Waals surface area contributed by atoms with Crippen LogP contribution in [0.2, 0.25) is 0 Å².